The third-order valence-corrected chi connectivity index (χ3v) is 5.31. The Hall–Kier alpha value is -2.72. The van der Waals surface area contributed by atoms with Crippen LogP contribution >= 0.6 is 23.4 Å². The van der Waals surface area contributed by atoms with E-state index in [9.17, 15) is 14.4 Å². The number of nitrogens with zero attached hydrogens (tertiary/aromatic N) is 2. The molecule has 2 rings (SSSR count). The number of carbonyl (C=O) groups excluding carboxylic acids is 3. The molecule has 0 aliphatic rings. The van der Waals surface area contributed by atoms with Gasteiger partial charge >= 0.3 is 0 Å². The number of ether oxygens (including phenoxy) is 1. The number of aryl methyl sites for hydroxylation is 1. The minimum atomic E-state index is -0.496. The molecule has 11 heteroatoms. The second kappa shape index (κ2) is 10.9. The van der Waals surface area contributed by atoms with E-state index in [1.54, 1.807) is 38.1 Å². The third kappa shape index (κ3) is 6.96. The lowest BCUT2D eigenvalue weighted by atomic mass is 10.3. The van der Waals surface area contributed by atoms with Crippen LogP contribution in [0, 0.1) is 6.92 Å². The van der Waals surface area contributed by atoms with E-state index < -0.39 is 11.2 Å². The van der Waals surface area contributed by atoms with E-state index in [2.05, 4.69) is 15.8 Å². The second-order valence-electron chi connectivity index (χ2n) is 6.41. The lowest BCUT2D eigenvalue weighted by Gasteiger charge is -2.18. The first-order valence-corrected chi connectivity index (χ1v) is 10.4. The zero-order chi connectivity index (χ0) is 22.3. The summed E-state index contributed by atoms with van der Waals surface area (Å²) in [5.41, 5.74) is 0.415. The molecule has 0 saturated heterocycles. The summed E-state index contributed by atoms with van der Waals surface area (Å²) in [6.45, 7) is 3.24. The summed E-state index contributed by atoms with van der Waals surface area (Å²) in [7, 11) is 2.99. The number of benzene rings is 1. The summed E-state index contributed by atoms with van der Waals surface area (Å²) in [6.07, 6.45) is 0. The summed E-state index contributed by atoms with van der Waals surface area (Å²) in [5.74, 6) is 0.414. The van der Waals surface area contributed by atoms with E-state index in [0.717, 1.165) is 11.8 Å². The van der Waals surface area contributed by atoms with Gasteiger partial charge in [0.2, 0.25) is 17.7 Å². The van der Waals surface area contributed by atoms with Crippen molar-refractivity contribution < 1.29 is 23.6 Å². The van der Waals surface area contributed by atoms with Gasteiger partial charge in [-0.2, -0.15) is 0 Å². The number of aromatic nitrogens is 1. The molecule has 1 atom stereocenters. The standard InChI is InChI=1S/C19H23ClN4O5S/c1-11-7-16(23-29-11)22-19(27)12(2)30-10-18(26)24(3)9-17(25)21-14-8-13(20)5-6-15(14)28-4/h5-8,12H,9-10H2,1-4H3,(H,21,25)(H,22,23,27). The highest BCUT2D eigenvalue weighted by molar-refractivity contribution is 8.01. The van der Waals surface area contributed by atoms with Crippen molar-refractivity contribution in [3.8, 4) is 5.75 Å². The van der Waals surface area contributed by atoms with Crippen LogP contribution in [-0.2, 0) is 14.4 Å². The zero-order valence-electron chi connectivity index (χ0n) is 17.0. The number of carbonyl (C=O) groups is 3. The van der Waals surface area contributed by atoms with Crippen LogP contribution in [0.25, 0.3) is 0 Å². The first kappa shape index (κ1) is 23.6. The Kier molecular flexibility index (Phi) is 8.55. The fourth-order valence-corrected chi connectivity index (χ4v) is 3.30. The molecule has 0 bridgehead atoms. The van der Waals surface area contributed by atoms with Crippen LogP contribution in [0.15, 0.2) is 28.8 Å². The average molecular weight is 455 g/mol. The lowest BCUT2D eigenvalue weighted by Crippen LogP contribution is -2.36. The number of rotatable bonds is 9. The monoisotopic (exact) mass is 454 g/mol. The minimum absolute atomic E-state index is 0.0384. The number of methoxy groups -OCH3 is 1. The number of nitrogens with one attached hydrogen (secondary N) is 2. The predicted octanol–water partition coefficient (Wildman–Crippen LogP) is 2.80. The molecule has 0 saturated carbocycles. The SMILES string of the molecule is COc1ccc(Cl)cc1NC(=O)CN(C)C(=O)CSC(C)C(=O)Nc1cc(C)on1. The van der Waals surface area contributed by atoms with Gasteiger partial charge in [0.05, 0.1) is 30.3 Å². The maximum Gasteiger partial charge on any atom is 0.244 e. The van der Waals surface area contributed by atoms with E-state index in [-0.39, 0.29) is 24.1 Å². The van der Waals surface area contributed by atoms with Crippen molar-refractivity contribution in [3.63, 3.8) is 0 Å². The quantitative estimate of drug-likeness (QED) is 0.598. The van der Waals surface area contributed by atoms with E-state index in [1.165, 1.54) is 19.1 Å². The van der Waals surface area contributed by atoms with Gasteiger partial charge in [-0.05, 0) is 32.0 Å². The largest absolute Gasteiger partial charge is 0.495 e. The van der Waals surface area contributed by atoms with Gasteiger partial charge in [-0.1, -0.05) is 16.8 Å². The van der Waals surface area contributed by atoms with Crippen LogP contribution < -0.4 is 15.4 Å². The summed E-state index contributed by atoms with van der Waals surface area (Å²) >= 11 is 7.10. The van der Waals surface area contributed by atoms with Gasteiger partial charge in [0, 0.05) is 18.1 Å². The van der Waals surface area contributed by atoms with Crippen molar-refractivity contribution in [2.75, 3.05) is 37.1 Å². The average Bonchev–Trinajstić information content (AvgIpc) is 3.10. The lowest BCUT2D eigenvalue weighted by molar-refractivity contribution is -0.131. The van der Waals surface area contributed by atoms with Crippen LogP contribution in [0.5, 0.6) is 5.75 Å². The van der Waals surface area contributed by atoms with E-state index in [1.807, 2.05) is 0 Å². The molecule has 0 radical (unpaired) electrons. The molecule has 0 aliphatic carbocycles. The molecular weight excluding hydrogens is 432 g/mol. The molecule has 1 heterocycles. The Morgan fingerprint density at radius 2 is 2.03 bits per heavy atom. The van der Waals surface area contributed by atoms with E-state index in [0.29, 0.717) is 28.0 Å². The van der Waals surface area contributed by atoms with Gasteiger partial charge in [-0.15, -0.1) is 11.8 Å². The van der Waals surface area contributed by atoms with Gasteiger partial charge in [0.15, 0.2) is 5.82 Å². The van der Waals surface area contributed by atoms with Crippen LogP contribution in [-0.4, -0.2) is 59.5 Å². The smallest absolute Gasteiger partial charge is 0.244 e. The molecule has 30 heavy (non-hydrogen) atoms. The van der Waals surface area contributed by atoms with Crippen molar-refractivity contribution in [2.24, 2.45) is 0 Å². The Morgan fingerprint density at radius 1 is 1.30 bits per heavy atom. The highest BCUT2D eigenvalue weighted by atomic mass is 35.5. The number of anilines is 2. The van der Waals surface area contributed by atoms with Crippen molar-refractivity contribution in [2.45, 2.75) is 19.1 Å². The maximum absolute atomic E-state index is 12.3. The third-order valence-electron chi connectivity index (χ3n) is 3.95. The Labute approximate surface area is 183 Å². The van der Waals surface area contributed by atoms with Crippen molar-refractivity contribution in [1.29, 1.82) is 0 Å². The van der Waals surface area contributed by atoms with Gasteiger partial charge < -0.3 is 24.8 Å². The molecule has 0 spiro atoms. The molecule has 9 nitrogen and oxygen atoms in total. The van der Waals surface area contributed by atoms with Gasteiger partial charge in [0.1, 0.15) is 11.5 Å². The zero-order valence-corrected chi connectivity index (χ0v) is 18.6. The number of halogens is 1. The van der Waals surface area contributed by atoms with Crippen LogP contribution in [0.4, 0.5) is 11.5 Å². The Balaban J connectivity index is 1.80. The normalized spacial score (nSPS) is 11.5. The topological polar surface area (TPSA) is 114 Å². The summed E-state index contributed by atoms with van der Waals surface area (Å²) in [6, 6.07) is 6.44. The molecule has 2 N–H and O–H groups in total. The minimum Gasteiger partial charge on any atom is -0.495 e. The molecule has 1 aromatic carbocycles. The van der Waals surface area contributed by atoms with Gasteiger partial charge in [-0.3, -0.25) is 14.4 Å². The summed E-state index contributed by atoms with van der Waals surface area (Å²) < 4.78 is 10.1. The Bertz CT molecular complexity index is 920. The second-order valence-corrected chi connectivity index (χ2v) is 8.17. The molecule has 0 aliphatic heterocycles. The van der Waals surface area contributed by atoms with Crippen molar-refractivity contribution >= 4 is 52.6 Å². The predicted molar refractivity (Wildman–Crippen MR) is 116 cm³/mol. The molecule has 1 aromatic heterocycles. The van der Waals surface area contributed by atoms with E-state index >= 15 is 0 Å². The van der Waals surface area contributed by atoms with E-state index in [4.69, 9.17) is 20.9 Å². The van der Waals surface area contributed by atoms with Crippen molar-refractivity contribution in [1.82, 2.24) is 10.1 Å². The molecule has 2 aromatic rings. The van der Waals surface area contributed by atoms with Crippen LogP contribution in [0.1, 0.15) is 12.7 Å². The fraction of sp³-hybridized carbons (Fsp3) is 0.368. The Morgan fingerprint density at radius 3 is 2.67 bits per heavy atom. The van der Waals surface area contributed by atoms with Gasteiger partial charge in [-0.25, -0.2) is 0 Å². The first-order chi connectivity index (χ1) is 14.2. The fourth-order valence-electron chi connectivity index (χ4n) is 2.31. The molecular formula is C19H23ClN4O5S. The maximum atomic E-state index is 12.3. The highest BCUT2D eigenvalue weighted by Crippen LogP contribution is 2.27. The van der Waals surface area contributed by atoms with Gasteiger partial charge in [0.25, 0.3) is 0 Å². The number of hydrogen-bond acceptors (Lipinski definition) is 7. The molecule has 0 fully saturated rings. The highest BCUT2D eigenvalue weighted by Gasteiger charge is 2.19. The number of thioether (sulfide) groups is 1. The number of likely N-dealkylation sites (N-methyl/N-ethyl adjacent to an activating group) is 1. The summed E-state index contributed by atoms with van der Waals surface area (Å²) in [4.78, 5) is 38.0. The van der Waals surface area contributed by atoms with Crippen LogP contribution in [0.3, 0.4) is 0 Å². The van der Waals surface area contributed by atoms with Crippen LogP contribution in [0.2, 0.25) is 5.02 Å². The summed E-state index contributed by atoms with van der Waals surface area (Å²) in [5, 5.41) is 8.93. The van der Waals surface area contributed by atoms with Crippen molar-refractivity contribution in [3.05, 3.63) is 35.0 Å². The number of hydrogen-bond donors (Lipinski definition) is 2. The molecule has 3 amide bonds. The number of amides is 3. The molecule has 162 valence electrons. The molecule has 1 unspecified atom stereocenters. The first-order valence-electron chi connectivity index (χ1n) is 8.92.